The highest BCUT2D eigenvalue weighted by Crippen LogP contribution is 2.14. The van der Waals surface area contributed by atoms with Crippen LogP contribution < -0.4 is 5.32 Å². The Labute approximate surface area is 134 Å². The molecule has 1 N–H and O–H groups in total. The van der Waals surface area contributed by atoms with E-state index in [0.29, 0.717) is 5.56 Å². The fourth-order valence-electron chi connectivity index (χ4n) is 1.53. The second-order valence-electron chi connectivity index (χ2n) is 5.77. The van der Waals surface area contributed by atoms with E-state index < -0.39 is 17.7 Å². The molecule has 0 fully saturated rings. The second-order valence-corrected chi connectivity index (χ2v) is 6.77. The van der Waals surface area contributed by atoms with E-state index in [1.165, 1.54) is 6.92 Å². The van der Waals surface area contributed by atoms with Crippen LogP contribution in [0.4, 0.5) is 4.79 Å². The van der Waals surface area contributed by atoms with Crippen LogP contribution in [0.25, 0.3) is 0 Å². The summed E-state index contributed by atoms with van der Waals surface area (Å²) in [6.07, 6.45) is -0.666. The summed E-state index contributed by atoms with van der Waals surface area (Å²) in [4.78, 5) is 35.3. The highest BCUT2D eigenvalue weighted by atomic mass is 32.2. The molecule has 1 aromatic carbocycles. The van der Waals surface area contributed by atoms with Gasteiger partial charge in [0.1, 0.15) is 11.6 Å². The fourth-order valence-corrected chi connectivity index (χ4v) is 2.47. The molecule has 0 bridgehead atoms. The molecule has 1 amide bonds. The maximum atomic E-state index is 12.0. The maximum Gasteiger partial charge on any atom is 0.408 e. The summed E-state index contributed by atoms with van der Waals surface area (Å²) >= 11 is 0.996. The van der Waals surface area contributed by atoms with Gasteiger partial charge >= 0.3 is 6.09 Å². The van der Waals surface area contributed by atoms with Gasteiger partial charge in [0, 0.05) is 11.3 Å². The van der Waals surface area contributed by atoms with Crippen molar-refractivity contribution in [3.05, 3.63) is 35.9 Å². The van der Waals surface area contributed by atoms with E-state index >= 15 is 0 Å². The Morgan fingerprint density at radius 1 is 1.18 bits per heavy atom. The van der Waals surface area contributed by atoms with E-state index in [9.17, 15) is 14.4 Å². The molecule has 0 aliphatic carbocycles. The minimum absolute atomic E-state index is 0.141. The number of Topliss-reactive ketones (excluding diaryl/α,β-unsaturated/α-hetero) is 1. The van der Waals surface area contributed by atoms with Gasteiger partial charge in [-0.2, -0.15) is 0 Å². The third-order valence-corrected chi connectivity index (χ3v) is 3.57. The van der Waals surface area contributed by atoms with Crippen molar-refractivity contribution in [3.8, 4) is 0 Å². The zero-order valence-electron chi connectivity index (χ0n) is 13.2. The number of alkyl carbamates (subject to hydrolysis) is 1. The number of rotatable bonds is 5. The molecule has 1 aromatic rings. The molecule has 1 unspecified atom stereocenters. The summed E-state index contributed by atoms with van der Waals surface area (Å²) in [5, 5.41) is 2.36. The lowest BCUT2D eigenvalue weighted by atomic mass is 10.2. The average molecular weight is 323 g/mol. The Morgan fingerprint density at radius 2 is 1.77 bits per heavy atom. The molecule has 1 atom stereocenters. The highest BCUT2D eigenvalue weighted by molar-refractivity contribution is 8.14. The van der Waals surface area contributed by atoms with Gasteiger partial charge in [0.2, 0.25) is 5.12 Å². The number of carbonyl (C=O) groups excluding carboxylic acids is 3. The predicted octanol–water partition coefficient (Wildman–Crippen LogP) is 3.04. The van der Waals surface area contributed by atoms with Crippen LogP contribution in [0.1, 0.15) is 38.1 Å². The summed E-state index contributed by atoms with van der Waals surface area (Å²) in [6.45, 7) is 6.59. The molecule has 0 radical (unpaired) electrons. The lowest BCUT2D eigenvalue weighted by molar-refractivity contribution is -0.118. The summed E-state index contributed by atoms with van der Waals surface area (Å²) in [6, 6.07) is 8.03. The molecule has 5 nitrogen and oxygen atoms in total. The minimum Gasteiger partial charge on any atom is -0.444 e. The van der Waals surface area contributed by atoms with Crippen LogP contribution in [-0.4, -0.2) is 34.4 Å². The van der Waals surface area contributed by atoms with Crippen LogP contribution in [0.5, 0.6) is 0 Å². The summed E-state index contributed by atoms with van der Waals surface area (Å²) < 4.78 is 5.11. The first-order valence-corrected chi connectivity index (χ1v) is 7.90. The number of nitrogens with one attached hydrogen (secondary N) is 1. The Bertz CT molecular complexity index is 537. The number of ketones is 1. The van der Waals surface area contributed by atoms with Gasteiger partial charge in [-0.15, -0.1) is 0 Å². The van der Waals surface area contributed by atoms with Gasteiger partial charge in [0.15, 0.2) is 5.78 Å². The zero-order valence-corrected chi connectivity index (χ0v) is 14.0. The maximum absolute atomic E-state index is 12.0. The largest absolute Gasteiger partial charge is 0.444 e. The van der Waals surface area contributed by atoms with Gasteiger partial charge in [-0.1, -0.05) is 42.1 Å². The number of amides is 1. The normalized spacial score (nSPS) is 12.4. The lowest BCUT2D eigenvalue weighted by Crippen LogP contribution is -2.44. The Morgan fingerprint density at radius 3 is 2.27 bits per heavy atom. The molecule has 120 valence electrons. The van der Waals surface area contributed by atoms with Crippen molar-refractivity contribution >= 4 is 28.8 Å². The smallest absolute Gasteiger partial charge is 0.408 e. The molecular weight excluding hydrogens is 302 g/mol. The molecule has 0 aliphatic rings. The van der Waals surface area contributed by atoms with E-state index in [2.05, 4.69) is 5.32 Å². The number of ether oxygens (including phenoxy) is 1. The molecule has 0 saturated heterocycles. The summed E-state index contributed by atoms with van der Waals surface area (Å²) in [5.41, 5.74) is -0.0784. The van der Waals surface area contributed by atoms with Crippen molar-refractivity contribution in [3.63, 3.8) is 0 Å². The van der Waals surface area contributed by atoms with Gasteiger partial charge in [-0.05, 0) is 27.7 Å². The summed E-state index contributed by atoms with van der Waals surface area (Å²) in [7, 11) is 0. The monoisotopic (exact) mass is 323 g/mol. The van der Waals surface area contributed by atoms with Crippen LogP contribution in [0.15, 0.2) is 30.3 Å². The third kappa shape index (κ3) is 6.76. The Balaban J connectivity index is 2.57. The zero-order chi connectivity index (χ0) is 16.8. The number of thioether (sulfide) groups is 1. The first kappa shape index (κ1) is 18.2. The first-order valence-electron chi connectivity index (χ1n) is 6.91. The van der Waals surface area contributed by atoms with Crippen molar-refractivity contribution in [2.45, 2.75) is 39.3 Å². The Hall–Kier alpha value is -1.82. The SMILES string of the molecule is CC(=O)C(CSC(=O)c1ccccc1)NC(=O)OC(C)(C)C. The van der Waals surface area contributed by atoms with E-state index in [0.717, 1.165) is 11.8 Å². The molecule has 1 rings (SSSR count). The van der Waals surface area contributed by atoms with Crippen LogP contribution in [0, 0.1) is 0 Å². The molecule has 0 aromatic heterocycles. The van der Waals surface area contributed by atoms with Crippen molar-refractivity contribution in [2.24, 2.45) is 0 Å². The predicted molar refractivity (Wildman–Crippen MR) is 87.1 cm³/mol. The van der Waals surface area contributed by atoms with Gasteiger partial charge < -0.3 is 10.1 Å². The van der Waals surface area contributed by atoms with Crippen LogP contribution in [0.3, 0.4) is 0 Å². The summed E-state index contributed by atoms with van der Waals surface area (Å²) in [5.74, 6) is -0.0540. The topological polar surface area (TPSA) is 72.5 Å². The first-order chi connectivity index (χ1) is 10.2. The van der Waals surface area contributed by atoms with Crippen molar-refractivity contribution in [2.75, 3.05) is 5.75 Å². The Kier molecular flexibility index (Phi) is 6.61. The number of carbonyl (C=O) groups is 3. The molecule has 22 heavy (non-hydrogen) atoms. The van der Waals surface area contributed by atoms with Gasteiger partial charge in [-0.25, -0.2) is 4.79 Å². The molecular formula is C16H21NO4S. The molecule has 0 saturated carbocycles. The van der Waals surface area contributed by atoms with Gasteiger partial charge in [0.05, 0.1) is 0 Å². The van der Waals surface area contributed by atoms with E-state index in [1.54, 1.807) is 45.0 Å². The van der Waals surface area contributed by atoms with Crippen molar-refractivity contribution < 1.29 is 19.1 Å². The second kappa shape index (κ2) is 7.98. The number of benzene rings is 1. The van der Waals surface area contributed by atoms with Gasteiger partial charge in [0.25, 0.3) is 0 Å². The van der Waals surface area contributed by atoms with Gasteiger partial charge in [-0.3, -0.25) is 9.59 Å². The minimum atomic E-state index is -0.757. The standard InChI is InChI=1S/C16H21NO4S/c1-11(18)13(17-15(20)21-16(2,3)4)10-22-14(19)12-8-6-5-7-9-12/h5-9,13H,10H2,1-4H3,(H,17,20). The lowest BCUT2D eigenvalue weighted by Gasteiger charge is -2.22. The molecule has 0 heterocycles. The quantitative estimate of drug-likeness (QED) is 0.901. The highest BCUT2D eigenvalue weighted by Gasteiger charge is 2.23. The molecule has 0 aliphatic heterocycles. The number of hydrogen-bond acceptors (Lipinski definition) is 5. The van der Waals surface area contributed by atoms with Crippen LogP contribution in [0.2, 0.25) is 0 Å². The average Bonchev–Trinajstić information content (AvgIpc) is 2.41. The fraction of sp³-hybridized carbons (Fsp3) is 0.438. The molecule has 0 spiro atoms. The van der Waals surface area contributed by atoms with E-state index in [4.69, 9.17) is 4.74 Å². The third-order valence-electron chi connectivity index (χ3n) is 2.57. The van der Waals surface area contributed by atoms with Crippen LogP contribution >= 0.6 is 11.8 Å². The van der Waals surface area contributed by atoms with Crippen LogP contribution in [-0.2, 0) is 9.53 Å². The van der Waals surface area contributed by atoms with E-state index in [-0.39, 0.29) is 16.7 Å². The van der Waals surface area contributed by atoms with E-state index in [1.807, 2.05) is 6.07 Å². The number of hydrogen-bond donors (Lipinski definition) is 1. The van der Waals surface area contributed by atoms with Crippen molar-refractivity contribution in [1.29, 1.82) is 0 Å². The molecule has 6 heteroatoms. The van der Waals surface area contributed by atoms with Crippen molar-refractivity contribution in [1.82, 2.24) is 5.32 Å².